The number of aryl methyl sites for hydroxylation is 1. The van der Waals surface area contributed by atoms with Gasteiger partial charge in [-0.1, -0.05) is 12.1 Å². The number of nitrogens with two attached hydrogens (primary N) is 1. The van der Waals surface area contributed by atoms with Crippen LogP contribution in [0.3, 0.4) is 0 Å². The van der Waals surface area contributed by atoms with Crippen LogP contribution < -0.4 is 11.1 Å². The second-order valence-electron chi connectivity index (χ2n) is 5.50. The number of urea groups is 1. The number of nitrogens with one attached hydrogen (secondary N) is 1. The summed E-state index contributed by atoms with van der Waals surface area (Å²) in [5.41, 5.74) is 8.81. The number of benzene rings is 1. The standard InChI is InChI=1S/C16H25N3O2.ClH/c1-12-4-3-5-15(13(12)2)18-16(20)19(9-8-17)14-6-10-21-11-7-14;/h3-5,14H,6-11,17H2,1-2H3,(H,18,20);1H. The zero-order valence-electron chi connectivity index (χ0n) is 13.3. The summed E-state index contributed by atoms with van der Waals surface area (Å²) in [6, 6.07) is 6.08. The van der Waals surface area contributed by atoms with Crippen molar-refractivity contribution in [2.45, 2.75) is 32.7 Å². The zero-order valence-corrected chi connectivity index (χ0v) is 14.1. The van der Waals surface area contributed by atoms with Gasteiger partial charge in [0.25, 0.3) is 0 Å². The lowest BCUT2D eigenvalue weighted by molar-refractivity contribution is 0.0488. The van der Waals surface area contributed by atoms with Crippen molar-refractivity contribution in [3.8, 4) is 0 Å². The van der Waals surface area contributed by atoms with E-state index in [0.29, 0.717) is 26.3 Å². The van der Waals surface area contributed by atoms with Crippen LogP contribution in [0.25, 0.3) is 0 Å². The lowest BCUT2D eigenvalue weighted by Crippen LogP contribution is -2.47. The lowest BCUT2D eigenvalue weighted by atomic mass is 10.1. The minimum atomic E-state index is -0.0685. The molecule has 22 heavy (non-hydrogen) atoms. The average molecular weight is 328 g/mol. The third kappa shape index (κ3) is 4.60. The smallest absolute Gasteiger partial charge is 0.322 e. The SMILES string of the molecule is Cc1cccc(NC(=O)N(CCN)C2CCOCC2)c1C.Cl. The van der Waals surface area contributed by atoms with Gasteiger partial charge in [0, 0.05) is 38.0 Å². The Morgan fingerprint density at radius 2 is 2.05 bits per heavy atom. The van der Waals surface area contributed by atoms with Gasteiger partial charge in [-0.15, -0.1) is 12.4 Å². The van der Waals surface area contributed by atoms with E-state index in [4.69, 9.17) is 10.5 Å². The molecule has 1 fully saturated rings. The molecule has 0 atom stereocenters. The first kappa shape index (κ1) is 18.7. The third-order valence-corrected chi connectivity index (χ3v) is 4.11. The van der Waals surface area contributed by atoms with Crippen molar-refractivity contribution in [2.75, 3.05) is 31.6 Å². The Bertz CT molecular complexity index is 490. The van der Waals surface area contributed by atoms with Gasteiger partial charge < -0.3 is 20.7 Å². The van der Waals surface area contributed by atoms with E-state index in [-0.39, 0.29) is 24.5 Å². The van der Waals surface area contributed by atoms with Crippen LogP contribution in [0.1, 0.15) is 24.0 Å². The number of rotatable bonds is 4. The van der Waals surface area contributed by atoms with Crippen molar-refractivity contribution >= 4 is 24.1 Å². The Morgan fingerprint density at radius 3 is 2.68 bits per heavy atom. The molecule has 0 aliphatic carbocycles. The van der Waals surface area contributed by atoms with Crippen LogP contribution in [0.15, 0.2) is 18.2 Å². The van der Waals surface area contributed by atoms with Gasteiger partial charge in [0.15, 0.2) is 0 Å². The van der Waals surface area contributed by atoms with Gasteiger partial charge in [0.05, 0.1) is 0 Å². The Morgan fingerprint density at radius 1 is 1.36 bits per heavy atom. The predicted octanol–water partition coefficient (Wildman–Crippen LogP) is 2.70. The molecule has 2 amide bonds. The molecule has 1 aromatic rings. The zero-order chi connectivity index (χ0) is 15.2. The lowest BCUT2D eigenvalue weighted by Gasteiger charge is -2.34. The van der Waals surface area contributed by atoms with E-state index in [0.717, 1.165) is 24.1 Å². The highest BCUT2D eigenvalue weighted by molar-refractivity contribution is 5.90. The molecule has 0 aromatic heterocycles. The molecule has 0 bridgehead atoms. The highest BCUT2D eigenvalue weighted by Crippen LogP contribution is 2.20. The summed E-state index contributed by atoms with van der Waals surface area (Å²) in [6.45, 7) is 6.53. The van der Waals surface area contributed by atoms with E-state index >= 15 is 0 Å². The van der Waals surface area contributed by atoms with Gasteiger partial charge in [-0.25, -0.2) is 4.79 Å². The number of carbonyl (C=O) groups is 1. The van der Waals surface area contributed by atoms with Gasteiger partial charge in [-0.3, -0.25) is 0 Å². The second-order valence-corrected chi connectivity index (χ2v) is 5.50. The molecule has 1 aliphatic rings. The minimum Gasteiger partial charge on any atom is -0.381 e. The van der Waals surface area contributed by atoms with Crippen molar-refractivity contribution in [3.05, 3.63) is 29.3 Å². The molecule has 0 spiro atoms. The first-order chi connectivity index (χ1) is 10.1. The molecular formula is C16H26ClN3O2. The van der Waals surface area contributed by atoms with Crippen molar-refractivity contribution < 1.29 is 9.53 Å². The van der Waals surface area contributed by atoms with Crippen LogP contribution in [0.5, 0.6) is 0 Å². The summed E-state index contributed by atoms with van der Waals surface area (Å²) in [6.07, 6.45) is 1.75. The largest absolute Gasteiger partial charge is 0.381 e. The average Bonchev–Trinajstić information content (AvgIpc) is 2.50. The van der Waals surface area contributed by atoms with E-state index in [2.05, 4.69) is 5.32 Å². The molecule has 5 nitrogen and oxygen atoms in total. The fourth-order valence-electron chi connectivity index (χ4n) is 2.66. The van der Waals surface area contributed by atoms with Crippen LogP contribution in [0, 0.1) is 13.8 Å². The number of carbonyl (C=O) groups excluding carboxylic acids is 1. The summed E-state index contributed by atoms with van der Waals surface area (Å²) in [7, 11) is 0. The Balaban J connectivity index is 0.00000242. The summed E-state index contributed by atoms with van der Waals surface area (Å²) in [5, 5.41) is 3.02. The minimum absolute atomic E-state index is 0. The number of hydrogen-bond acceptors (Lipinski definition) is 3. The van der Waals surface area contributed by atoms with Crippen LogP contribution in [0.4, 0.5) is 10.5 Å². The number of ether oxygens (including phenoxy) is 1. The first-order valence-electron chi connectivity index (χ1n) is 7.55. The van der Waals surface area contributed by atoms with Gasteiger partial charge >= 0.3 is 6.03 Å². The fourth-order valence-corrected chi connectivity index (χ4v) is 2.66. The van der Waals surface area contributed by atoms with Gasteiger partial charge in [0.2, 0.25) is 0 Å². The maximum Gasteiger partial charge on any atom is 0.322 e. The molecule has 6 heteroatoms. The Kier molecular flexibility index (Phi) is 7.65. The summed E-state index contributed by atoms with van der Waals surface area (Å²) in [4.78, 5) is 14.4. The van der Waals surface area contributed by atoms with Gasteiger partial charge in [-0.05, 0) is 43.9 Å². The number of halogens is 1. The van der Waals surface area contributed by atoms with E-state index < -0.39 is 0 Å². The van der Waals surface area contributed by atoms with E-state index in [1.54, 1.807) is 0 Å². The van der Waals surface area contributed by atoms with Crippen LogP contribution >= 0.6 is 12.4 Å². The number of amides is 2. The monoisotopic (exact) mass is 327 g/mol. The maximum atomic E-state index is 12.6. The normalized spacial score (nSPS) is 15.0. The Hall–Kier alpha value is -1.30. The van der Waals surface area contributed by atoms with Crippen molar-refractivity contribution in [1.29, 1.82) is 0 Å². The molecule has 1 aromatic carbocycles. The van der Waals surface area contributed by atoms with E-state index in [1.807, 2.05) is 36.9 Å². The molecule has 3 N–H and O–H groups in total. The topological polar surface area (TPSA) is 67.6 Å². The number of nitrogens with zero attached hydrogens (tertiary/aromatic N) is 1. The molecule has 0 unspecified atom stereocenters. The van der Waals surface area contributed by atoms with Crippen LogP contribution in [-0.2, 0) is 4.74 Å². The van der Waals surface area contributed by atoms with Gasteiger partial charge in [-0.2, -0.15) is 0 Å². The summed E-state index contributed by atoms with van der Waals surface area (Å²) >= 11 is 0. The fraction of sp³-hybridized carbons (Fsp3) is 0.562. The molecule has 1 saturated heterocycles. The molecule has 0 saturated carbocycles. The summed E-state index contributed by atoms with van der Waals surface area (Å²) in [5.74, 6) is 0. The van der Waals surface area contributed by atoms with Gasteiger partial charge in [0.1, 0.15) is 0 Å². The Labute approximate surface area is 138 Å². The molecule has 124 valence electrons. The second kappa shape index (κ2) is 8.98. The highest BCUT2D eigenvalue weighted by Gasteiger charge is 2.25. The molecule has 0 radical (unpaired) electrons. The summed E-state index contributed by atoms with van der Waals surface area (Å²) < 4.78 is 5.37. The molecule has 1 aliphatic heterocycles. The van der Waals surface area contributed by atoms with Crippen LogP contribution in [0.2, 0.25) is 0 Å². The number of anilines is 1. The van der Waals surface area contributed by atoms with E-state index in [9.17, 15) is 4.79 Å². The quantitative estimate of drug-likeness (QED) is 0.893. The molecule has 1 heterocycles. The molecule has 2 rings (SSSR count). The van der Waals surface area contributed by atoms with Crippen molar-refractivity contribution in [1.82, 2.24) is 4.90 Å². The van der Waals surface area contributed by atoms with Crippen molar-refractivity contribution in [3.63, 3.8) is 0 Å². The van der Waals surface area contributed by atoms with E-state index in [1.165, 1.54) is 5.56 Å². The molecular weight excluding hydrogens is 302 g/mol. The van der Waals surface area contributed by atoms with Crippen LogP contribution in [-0.4, -0.2) is 43.3 Å². The van der Waals surface area contributed by atoms with Crippen molar-refractivity contribution in [2.24, 2.45) is 5.73 Å². The maximum absolute atomic E-state index is 12.6. The third-order valence-electron chi connectivity index (χ3n) is 4.11. The first-order valence-corrected chi connectivity index (χ1v) is 7.55. The highest BCUT2D eigenvalue weighted by atomic mass is 35.5. The predicted molar refractivity (Wildman–Crippen MR) is 91.8 cm³/mol. The number of hydrogen-bond donors (Lipinski definition) is 2.